The number of nitrogens with two attached hydrogens (primary N) is 1. The molecule has 12 heavy (non-hydrogen) atoms. The Bertz CT molecular complexity index is 303. The third kappa shape index (κ3) is 3.05. The van der Waals surface area contributed by atoms with Crippen LogP contribution in [0.4, 0.5) is 0 Å². The van der Waals surface area contributed by atoms with Crippen molar-refractivity contribution in [2.75, 3.05) is 0 Å². The van der Waals surface area contributed by atoms with Gasteiger partial charge >= 0.3 is 7.75 Å². The number of hydrogen-bond donors (Lipinski definition) is 2. The molecular weight excluding hydrogens is 177 g/mol. The molecule has 0 fully saturated rings. The van der Waals surface area contributed by atoms with Crippen LogP contribution in [0.5, 0.6) is 5.75 Å². The molecule has 1 unspecified atom stereocenters. The average Bonchev–Trinajstić information content (AvgIpc) is 1.91. The highest BCUT2D eigenvalue weighted by Gasteiger charge is 2.11. The highest BCUT2D eigenvalue weighted by atomic mass is 31.2. The van der Waals surface area contributed by atoms with E-state index in [4.69, 9.17) is 10.4 Å². The second-order valence-electron chi connectivity index (χ2n) is 2.47. The van der Waals surface area contributed by atoms with Crippen molar-refractivity contribution in [1.29, 1.82) is 0 Å². The monoisotopic (exact) mass is 187 g/mol. The molecule has 0 saturated carbocycles. The Kier molecular flexibility index (Phi) is 2.52. The van der Waals surface area contributed by atoms with E-state index in [-0.39, 0.29) is 0 Å². The highest BCUT2D eigenvalue weighted by Crippen LogP contribution is 2.33. The summed E-state index contributed by atoms with van der Waals surface area (Å²) in [6.07, 6.45) is 0. The summed E-state index contributed by atoms with van der Waals surface area (Å²) in [6, 6.07) is 6.71. The maximum Gasteiger partial charge on any atom is 0.453 e. The lowest BCUT2D eigenvalue weighted by Crippen LogP contribution is -2.00. The van der Waals surface area contributed by atoms with E-state index < -0.39 is 7.75 Å². The molecule has 5 heteroatoms. The predicted molar refractivity (Wildman–Crippen MR) is 45.8 cm³/mol. The Morgan fingerprint density at radius 2 is 1.92 bits per heavy atom. The highest BCUT2D eigenvalue weighted by molar-refractivity contribution is 7.50. The molecule has 66 valence electrons. The molecule has 0 spiro atoms. The second kappa shape index (κ2) is 3.27. The minimum atomic E-state index is -3.90. The molecule has 0 radical (unpaired) electrons. The Labute approximate surface area is 70.6 Å². The van der Waals surface area contributed by atoms with Gasteiger partial charge in [0.2, 0.25) is 0 Å². The molecule has 0 amide bonds. The predicted octanol–water partition coefficient (Wildman–Crippen LogP) is 1.43. The minimum Gasteiger partial charge on any atom is -0.413 e. The van der Waals surface area contributed by atoms with E-state index in [1.165, 1.54) is 0 Å². The van der Waals surface area contributed by atoms with E-state index >= 15 is 0 Å². The summed E-state index contributed by atoms with van der Waals surface area (Å²) in [4.78, 5) is 8.65. The molecule has 0 aliphatic heterocycles. The summed E-state index contributed by atoms with van der Waals surface area (Å²) in [5, 5.41) is 0. The van der Waals surface area contributed by atoms with Crippen LogP contribution in [0.2, 0.25) is 0 Å². The Morgan fingerprint density at radius 3 is 2.33 bits per heavy atom. The van der Waals surface area contributed by atoms with Crippen molar-refractivity contribution in [2.45, 2.75) is 6.92 Å². The van der Waals surface area contributed by atoms with Gasteiger partial charge in [-0.2, -0.15) is 0 Å². The van der Waals surface area contributed by atoms with Gasteiger partial charge in [-0.25, -0.2) is 10.1 Å². The molecule has 0 bridgehead atoms. The van der Waals surface area contributed by atoms with Crippen LogP contribution in [0.3, 0.4) is 0 Å². The van der Waals surface area contributed by atoms with E-state index in [1.54, 1.807) is 24.3 Å². The van der Waals surface area contributed by atoms with Crippen LogP contribution < -0.4 is 10.0 Å². The van der Waals surface area contributed by atoms with Crippen LogP contribution in [0.1, 0.15) is 5.56 Å². The molecule has 1 rings (SSSR count). The smallest absolute Gasteiger partial charge is 0.413 e. The first-order valence-corrected chi connectivity index (χ1v) is 5.00. The summed E-state index contributed by atoms with van der Waals surface area (Å²) in [5.74, 6) is 0.300. The first kappa shape index (κ1) is 9.26. The summed E-state index contributed by atoms with van der Waals surface area (Å²) >= 11 is 0. The summed E-state index contributed by atoms with van der Waals surface area (Å²) < 4.78 is 15.1. The summed E-state index contributed by atoms with van der Waals surface area (Å²) in [7, 11) is -3.90. The van der Waals surface area contributed by atoms with Gasteiger partial charge in [-0.3, -0.25) is 0 Å². The first-order chi connectivity index (χ1) is 5.47. The van der Waals surface area contributed by atoms with Gasteiger partial charge in [0.25, 0.3) is 0 Å². The van der Waals surface area contributed by atoms with E-state index in [2.05, 4.69) is 4.52 Å². The van der Waals surface area contributed by atoms with E-state index in [9.17, 15) is 4.57 Å². The number of aryl methyl sites for hydroxylation is 1. The first-order valence-electron chi connectivity index (χ1n) is 3.35. The van der Waals surface area contributed by atoms with Gasteiger partial charge in [0.05, 0.1) is 0 Å². The fraction of sp³-hybridized carbons (Fsp3) is 0.143. The van der Waals surface area contributed by atoms with Crippen molar-refractivity contribution in [2.24, 2.45) is 5.50 Å². The normalized spacial score (nSPS) is 15.2. The zero-order valence-corrected chi connectivity index (χ0v) is 7.49. The molecule has 1 atom stereocenters. The van der Waals surface area contributed by atoms with E-state index in [0.717, 1.165) is 5.56 Å². The molecule has 0 saturated heterocycles. The lowest BCUT2D eigenvalue weighted by molar-refractivity contribution is 0.381. The molecule has 0 aliphatic rings. The SMILES string of the molecule is Cc1ccc(OP(N)(=O)O)cc1. The molecule has 4 nitrogen and oxygen atoms in total. The molecule has 0 aromatic heterocycles. The van der Waals surface area contributed by atoms with Crippen LogP contribution >= 0.6 is 7.75 Å². The maximum absolute atomic E-state index is 10.6. The third-order valence-corrected chi connectivity index (χ3v) is 1.73. The topological polar surface area (TPSA) is 72.5 Å². The fourth-order valence-corrected chi connectivity index (χ4v) is 1.17. The summed E-state index contributed by atoms with van der Waals surface area (Å²) in [5.41, 5.74) is 5.84. The Balaban J connectivity index is 2.78. The van der Waals surface area contributed by atoms with Gasteiger partial charge in [0.1, 0.15) is 5.75 Å². The molecule has 3 N–H and O–H groups in total. The largest absolute Gasteiger partial charge is 0.453 e. The van der Waals surface area contributed by atoms with Crippen molar-refractivity contribution >= 4 is 7.75 Å². The van der Waals surface area contributed by atoms with Crippen LogP contribution in [-0.2, 0) is 4.57 Å². The van der Waals surface area contributed by atoms with Gasteiger partial charge in [0.15, 0.2) is 0 Å². The van der Waals surface area contributed by atoms with Crippen molar-refractivity contribution < 1.29 is 14.0 Å². The lowest BCUT2D eigenvalue weighted by Gasteiger charge is -2.07. The lowest BCUT2D eigenvalue weighted by atomic mass is 10.2. The molecule has 0 aliphatic carbocycles. The van der Waals surface area contributed by atoms with Crippen molar-refractivity contribution in [3.8, 4) is 5.75 Å². The van der Waals surface area contributed by atoms with Crippen LogP contribution in [0.25, 0.3) is 0 Å². The van der Waals surface area contributed by atoms with E-state index in [1.807, 2.05) is 6.92 Å². The van der Waals surface area contributed by atoms with Crippen LogP contribution in [0.15, 0.2) is 24.3 Å². The summed E-state index contributed by atoms with van der Waals surface area (Å²) in [6.45, 7) is 1.91. The third-order valence-electron chi connectivity index (χ3n) is 1.26. The van der Waals surface area contributed by atoms with Crippen LogP contribution in [0, 0.1) is 6.92 Å². The molecule has 0 heterocycles. The van der Waals surface area contributed by atoms with Crippen molar-refractivity contribution in [1.82, 2.24) is 0 Å². The fourth-order valence-electron chi connectivity index (χ4n) is 0.750. The Hall–Kier alpha value is -0.830. The zero-order valence-electron chi connectivity index (χ0n) is 6.60. The van der Waals surface area contributed by atoms with Crippen molar-refractivity contribution in [3.63, 3.8) is 0 Å². The number of rotatable bonds is 2. The standard InChI is InChI=1S/C7H10NO3P/c1-6-2-4-7(5-3-6)11-12(8,9)10/h2-5H,1H3,(H3,8,9,10). The quantitative estimate of drug-likeness (QED) is 0.687. The van der Waals surface area contributed by atoms with Gasteiger partial charge in [-0.05, 0) is 19.1 Å². The number of benzene rings is 1. The molecule has 1 aromatic carbocycles. The minimum absolute atomic E-state index is 0.300. The van der Waals surface area contributed by atoms with Gasteiger partial charge in [-0.15, -0.1) is 0 Å². The maximum atomic E-state index is 10.6. The van der Waals surface area contributed by atoms with E-state index in [0.29, 0.717) is 5.75 Å². The average molecular weight is 187 g/mol. The molecular formula is C7H10NO3P. The van der Waals surface area contributed by atoms with Gasteiger partial charge < -0.3 is 9.42 Å². The van der Waals surface area contributed by atoms with Gasteiger partial charge in [-0.1, -0.05) is 17.7 Å². The van der Waals surface area contributed by atoms with Gasteiger partial charge in [0, 0.05) is 0 Å². The zero-order chi connectivity index (χ0) is 9.19. The number of hydrogen-bond acceptors (Lipinski definition) is 2. The Morgan fingerprint density at radius 1 is 1.42 bits per heavy atom. The van der Waals surface area contributed by atoms with Crippen LogP contribution in [-0.4, -0.2) is 4.89 Å². The second-order valence-corrected chi connectivity index (χ2v) is 3.78. The van der Waals surface area contributed by atoms with Crippen molar-refractivity contribution in [3.05, 3.63) is 29.8 Å². The molecule has 1 aromatic rings.